The summed E-state index contributed by atoms with van der Waals surface area (Å²) in [4.78, 5) is 7.19. The number of furan rings is 1. The second kappa shape index (κ2) is 10.7. The number of thioether (sulfide) groups is 1. The Balaban J connectivity index is 1.78. The van der Waals surface area contributed by atoms with Crippen LogP contribution in [0.15, 0.2) is 27.8 Å². The highest BCUT2D eigenvalue weighted by Crippen LogP contribution is 2.20. The number of aliphatic imine (C=N–C) groups is 1. The van der Waals surface area contributed by atoms with E-state index < -0.39 is 0 Å². The van der Waals surface area contributed by atoms with Crippen molar-refractivity contribution >= 4 is 17.7 Å². The molecular formula is C18H32N4O2S. The minimum atomic E-state index is 0.139. The van der Waals surface area contributed by atoms with E-state index in [2.05, 4.69) is 35.6 Å². The molecule has 6 nitrogen and oxygen atoms in total. The molecule has 0 aliphatic carbocycles. The number of hydrogen-bond acceptors (Lipinski definition) is 5. The third-order valence-electron chi connectivity index (χ3n) is 4.24. The Morgan fingerprint density at radius 3 is 2.72 bits per heavy atom. The largest absolute Gasteiger partial charge is 0.469 e. The fraction of sp³-hybridized carbons (Fsp3) is 0.722. The Hall–Kier alpha value is -1.18. The SMILES string of the molecule is CSC(C)(C)CN=C(NCCc1ccco1)NCCN1CCOCC1. The lowest BCUT2D eigenvalue weighted by Gasteiger charge is -2.27. The molecule has 25 heavy (non-hydrogen) atoms. The van der Waals surface area contributed by atoms with E-state index in [1.807, 2.05) is 23.9 Å². The summed E-state index contributed by atoms with van der Waals surface area (Å²) >= 11 is 1.84. The molecule has 0 bridgehead atoms. The van der Waals surface area contributed by atoms with Crippen LogP contribution in [0.4, 0.5) is 0 Å². The lowest BCUT2D eigenvalue weighted by Crippen LogP contribution is -2.45. The van der Waals surface area contributed by atoms with Gasteiger partial charge in [0.1, 0.15) is 5.76 Å². The van der Waals surface area contributed by atoms with Crippen LogP contribution in [0.1, 0.15) is 19.6 Å². The normalized spacial score (nSPS) is 16.8. The Kier molecular flexibility index (Phi) is 8.64. The highest BCUT2D eigenvalue weighted by Gasteiger charge is 2.15. The van der Waals surface area contributed by atoms with Gasteiger partial charge < -0.3 is 19.8 Å². The molecule has 0 radical (unpaired) electrons. The lowest BCUT2D eigenvalue weighted by atomic mass is 10.2. The molecule has 1 aromatic heterocycles. The van der Waals surface area contributed by atoms with Gasteiger partial charge in [0.2, 0.25) is 0 Å². The molecule has 2 heterocycles. The molecule has 2 N–H and O–H groups in total. The van der Waals surface area contributed by atoms with Crippen molar-refractivity contribution < 1.29 is 9.15 Å². The van der Waals surface area contributed by atoms with Gasteiger partial charge in [0, 0.05) is 43.9 Å². The third kappa shape index (κ3) is 8.16. The predicted molar refractivity (Wildman–Crippen MR) is 106 cm³/mol. The van der Waals surface area contributed by atoms with Crippen LogP contribution in [0.2, 0.25) is 0 Å². The van der Waals surface area contributed by atoms with Crippen molar-refractivity contribution in [3.05, 3.63) is 24.2 Å². The van der Waals surface area contributed by atoms with Crippen LogP contribution in [-0.4, -0.2) is 74.3 Å². The van der Waals surface area contributed by atoms with E-state index in [1.165, 1.54) is 0 Å². The first-order valence-corrected chi connectivity index (χ1v) is 10.2. The van der Waals surface area contributed by atoms with E-state index in [-0.39, 0.29) is 4.75 Å². The standard InChI is InChI=1S/C18H32N4O2S/c1-18(2,25-3)15-21-17(19-7-6-16-5-4-12-24-16)20-8-9-22-10-13-23-14-11-22/h4-5,12H,6-11,13-15H2,1-3H3,(H2,19,20,21). The summed E-state index contributed by atoms with van der Waals surface area (Å²) in [6.07, 6.45) is 4.69. The maximum atomic E-state index is 5.39. The molecule has 1 saturated heterocycles. The van der Waals surface area contributed by atoms with Crippen LogP contribution in [0, 0.1) is 0 Å². The predicted octanol–water partition coefficient (Wildman–Crippen LogP) is 1.83. The van der Waals surface area contributed by atoms with E-state index in [0.29, 0.717) is 0 Å². The molecule has 1 aromatic rings. The van der Waals surface area contributed by atoms with Gasteiger partial charge in [-0.3, -0.25) is 9.89 Å². The van der Waals surface area contributed by atoms with Crippen molar-refractivity contribution in [2.75, 3.05) is 58.7 Å². The summed E-state index contributed by atoms with van der Waals surface area (Å²) in [7, 11) is 0. The summed E-state index contributed by atoms with van der Waals surface area (Å²) < 4.78 is 10.9. The van der Waals surface area contributed by atoms with Crippen molar-refractivity contribution in [2.24, 2.45) is 4.99 Å². The molecule has 7 heteroatoms. The van der Waals surface area contributed by atoms with Gasteiger partial charge in [0.05, 0.1) is 26.0 Å². The van der Waals surface area contributed by atoms with Crippen molar-refractivity contribution in [3.63, 3.8) is 0 Å². The van der Waals surface area contributed by atoms with Crippen LogP contribution in [0.25, 0.3) is 0 Å². The number of rotatable bonds is 9. The Labute approximate surface area is 155 Å². The van der Waals surface area contributed by atoms with E-state index in [0.717, 1.165) is 70.6 Å². The second-order valence-electron chi connectivity index (χ2n) is 6.77. The fourth-order valence-electron chi connectivity index (χ4n) is 2.42. The molecule has 0 aromatic carbocycles. The summed E-state index contributed by atoms with van der Waals surface area (Å²) in [5.41, 5.74) is 0. The number of nitrogens with zero attached hydrogens (tertiary/aromatic N) is 2. The van der Waals surface area contributed by atoms with Gasteiger partial charge in [0.25, 0.3) is 0 Å². The van der Waals surface area contributed by atoms with Gasteiger partial charge in [-0.2, -0.15) is 11.8 Å². The number of ether oxygens (including phenoxy) is 1. The molecule has 1 aliphatic heterocycles. The summed E-state index contributed by atoms with van der Waals surface area (Å²) in [5.74, 6) is 1.87. The quantitative estimate of drug-likeness (QED) is 0.512. The number of guanidine groups is 1. The van der Waals surface area contributed by atoms with Gasteiger partial charge in [-0.1, -0.05) is 0 Å². The zero-order chi connectivity index (χ0) is 18.0. The molecule has 142 valence electrons. The van der Waals surface area contributed by atoms with Crippen LogP contribution in [-0.2, 0) is 11.2 Å². The topological polar surface area (TPSA) is 62.0 Å². The van der Waals surface area contributed by atoms with Crippen LogP contribution >= 0.6 is 11.8 Å². The molecule has 0 atom stereocenters. The first-order chi connectivity index (χ1) is 12.1. The van der Waals surface area contributed by atoms with Gasteiger partial charge >= 0.3 is 0 Å². The van der Waals surface area contributed by atoms with E-state index in [4.69, 9.17) is 14.1 Å². The van der Waals surface area contributed by atoms with Gasteiger partial charge in [-0.15, -0.1) is 0 Å². The zero-order valence-corrected chi connectivity index (χ0v) is 16.5. The van der Waals surface area contributed by atoms with E-state index in [1.54, 1.807) is 6.26 Å². The number of hydrogen-bond donors (Lipinski definition) is 2. The molecular weight excluding hydrogens is 336 g/mol. The molecule has 0 amide bonds. The summed E-state index contributed by atoms with van der Waals surface area (Å²) in [6.45, 7) is 11.6. The molecule has 2 rings (SSSR count). The van der Waals surface area contributed by atoms with E-state index >= 15 is 0 Å². The maximum Gasteiger partial charge on any atom is 0.191 e. The van der Waals surface area contributed by atoms with Gasteiger partial charge in [-0.25, -0.2) is 0 Å². The lowest BCUT2D eigenvalue weighted by molar-refractivity contribution is 0.0389. The fourth-order valence-corrected chi connectivity index (χ4v) is 2.62. The van der Waals surface area contributed by atoms with Crippen LogP contribution in [0.5, 0.6) is 0 Å². The van der Waals surface area contributed by atoms with Crippen molar-refractivity contribution in [1.82, 2.24) is 15.5 Å². The highest BCUT2D eigenvalue weighted by atomic mass is 32.2. The Bertz CT molecular complexity index is 499. The van der Waals surface area contributed by atoms with Crippen molar-refractivity contribution in [1.29, 1.82) is 0 Å². The van der Waals surface area contributed by atoms with E-state index in [9.17, 15) is 0 Å². The average molecular weight is 369 g/mol. The molecule has 1 aliphatic rings. The van der Waals surface area contributed by atoms with Crippen molar-refractivity contribution in [3.8, 4) is 0 Å². The summed E-state index contributed by atoms with van der Waals surface area (Å²) in [5, 5.41) is 6.88. The smallest absolute Gasteiger partial charge is 0.191 e. The number of morpholine rings is 1. The maximum absolute atomic E-state index is 5.39. The molecule has 0 unspecified atom stereocenters. The third-order valence-corrected chi connectivity index (χ3v) is 5.47. The Morgan fingerprint density at radius 1 is 1.28 bits per heavy atom. The Morgan fingerprint density at radius 2 is 2.04 bits per heavy atom. The van der Waals surface area contributed by atoms with Crippen molar-refractivity contribution in [2.45, 2.75) is 25.0 Å². The second-order valence-corrected chi connectivity index (χ2v) is 8.28. The molecule has 0 saturated carbocycles. The highest BCUT2D eigenvalue weighted by molar-refractivity contribution is 7.99. The molecule has 0 spiro atoms. The summed E-state index contributed by atoms with van der Waals surface area (Å²) in [6, 6.07) is 3.92. The van der Waals surface area contributed by atoms with Crippen LogP contribution < -0.4 is 10.6 Å². The zero-order valence-electron chi connectivity index (χ0n) is 15.7. The average Bonchev–Trinajstić information content (AvgIpc) is 3.13. The van der Waals surface area contributed by atoms with Gasteiger partial charge in [0.15, 0.2) is 5.96 Å². The van der Waals surface area contributed by atoms with Crippen LogP contribution in [0.3, 0.4) is 0 Å². The minimum absolute atomic E-state index is 0.139. The first kappa shape index (κ1) is 20.1. The first-order valence-electron chi connectivity index (χ1n) is 8.99. The van der Waals surface area contributed by atoms with Gasteiger partial charge in [-0.05, 0) is 32.2 Å². The minimum Gasteiger partial charge on any atom is -0.469 e. The molecule has 1 fully saturated rings. The monoisotopic (exact) mass is 368 g/mol. The number of nitrogens with one attached hydrogen (secondary N) is 2.